The summed E-state index contributed by atoms with van der Waals surface area (Å²) in [5.41, 5.74) is -2.84. The van der Waals surface area contributed by atoms with E-state index in [9.17, 15) is 8.78 Å². The molecule has 0 bridgehead atoms. The molecule has 0 fully saturated rings. The van der Waals surface area contributed by atoms with Crippen molar-refractivity contribution in [3.8, 4) is 0 Å². The molecule has 0 aromatic heterocycles. The van der Waals surface area contributed by atoms with E-state index in [4.69, 9.17) is 20.9 Å². The van der Waals surface area contributed by atoms with Crippen LogP contribution in [0.5, 0.6) is 0 Å². The van der Waals surface area contributed by atoms with Gasteiger partial charge in [-0.25, -0.2) is 0 Å². The molecule has 0 unspecified atom stereocenters. The second-order valence-corrected chi connectivity index (χ2v) is 8.62. The minimum absolute atomic E-state index is 0.292. The van der Waals surface area contributed by atoms with Crippen LogP contribution in [0.25, 0.3) is 0 Å². The molecule has 0 aromatic rings. The fourth-order valence-electron chi connectivity index (χ4n) is 0.603. The van der Waals surface area contributed by atoms with Gasteiger partial charge in [-0.15, -0.1) is 0 Å². The van der Waals surface area contributed by atoms with Crippen molar-refractivity contribution in [2.75, 3.05) is 13.2 Å². The average Bonchev–Trinajstić information content (AvgIpc) is 1.82. The van der Waals surface area contributed by atoms with Crippen LogP contribution < -0.4 is 0 Å². The van der Waals surface area contributed by atoms with E-state index in [0.29, 0.717) is 24.6 Å². The van der Waals surface area contributed by atoms with Crippen LogP contribution >= 0.6 is 17.1 Å². The molecule has 0 aliphatic rings. The molecule has 80 valence electrons. The highest BCUT2D eigenvalue weighted by molar-refractivity contribution is 8.68. The van der Waals surface area contributed by atoms with Crippen molar-refractivity contribution in [1.82, 2.24) is 0 Å². The molecule has 0 atom stereocenters. The van der Waals surface area contributed by atoms with E-state index in [1.165, 1.54) is 0 Å². The molecule has 0 radical (unpaired) electrons. The van der Waals surface area contributed by atoms with Crippen molar-refractivity contribution < 1.29 is 17.8 Å². The Bertz CT molecular complexity index is 186. The van der Waals surface area contributed by atoms with Gasteiger partial charge in [-0.3, -0.25) is 0 Å². The maximum absolute atomic E-state index is 12.6. The standard InChI is InChI=1S/C6H13F2O2PS2/c1-4-9-11(12,10-5-2)13-6(3,7)8/h4-5H2,1-3H3. The summed E-state index contributed by atoms with van der Waals surface area (Å²) in [6, 6.07) is 0. The van der Waals surface area contributed by atoms with Gasteiger partial charge in [-0.1, -0.05) is 0 Å². The first kappa shape index (κ1) is 13.8. The lowest BCUT2D eigenvalue weighted by atomic mass is 10.9. The van der Waals surface area contributed by atoms with Gasteiger partial charge >= 0.3 is 0 Å². The number of hydrogen-bond acceptors (Lipinski definition) is 4. The van der Waals surface area contributed by atoms with Crippen LogP contribution in [0.2, 0.25) is 0 Å². The fourth-order valence-corrected chi connectivity index (χ4v) is 5.74. The van der Waals surface area contributed by atoms with Crippen LogP contribution in [-0.2, 0) is 20.9 Å². The molecule has 0 aromatic carbocycles. The van der Waals surface area contributed by atoms with E-state index in [1.54, 1.807) is 13.8 Å². The zero-order chi connectivity index (χ0) is 10.5. The zero-order valence-electron chi connectivity index (χ0n) is 7.75. The molecular weight excluding hydrogens is 237 g/mol. The summed E-state index contributed by atoms with van der Waals surface area (Å²) in [5.74, 6) is 0. The van der Waals surface area contributed by atoms with E-state index in [-0.39, 0.29) is 0 Å². The molecule has 0 amide bonds. The predicted octanol–water partition coefficient (Wildman–Crippen LogP) is 3.63. The number of halogens is 2. The van der Waals surface area contributed by atoms with Gasteiger partial charge in [0.15, 0.2) is 0 Å². The molecule has 0 heterocycles. The summed E-state index contributed by atoms with van der Waals surface area (Å²) < 4.78 is 35.3. The summed E-state index contributed by atoms with van der Waals surface area (Å²) >= 11 is 5.20. The third-order valence-electron chi connectivity index (χ3n) is 0.847. The van der Waals surface area contributed by atoms with Gasteiger partial charge in [-0.2, -0.15) is 8.78 Å². The molecule has 0 rings (SSSR count). The van der Waals surface area contributed by atoms with Gasteiger partial charge in [-0.05, 0) is 25.7 Å². The van der Waals surface area contributed by atoms with E-state index in [0.717, 1.165) is 6.92 Å². The Morgan fingerprint density at radius 3 is 1.92 bits per heavy atom. The predicted molar refractivity (Wildman–Crippen MR) is 55.7 cm³/mol. The van der Waals surface area contributed by atoms with E-state index >= 15 is 0 Å². The van der Waals surface area contributed by atoms with Gasteiger partial charge in [0.25, 0.3) is 10.9 Å². The summed E-state index contributed by atoms with van der Waals surface area (Å²) in [7, 11) is 0. The zero-order valence-corrected chi connectivity index (χ0v) is 10.3. The fraction of sp³-hybridized carbons (Fsp3) is 1.00. The Morgan fingerprint density at radius 2 is 1.69 bits per heavy atom. The van der Waals surface area contributed by atoms with Gasteiger partial charge < -0.3 is 9.05 Å². The second-order valence-electron chi connectivity index (χ2n) is 2.18. The summed E-state index contributed by atoms with van der Waals surface area (Å²) in [4.78, 5) is 0. The van der Waals surface area contributed by atoms with E-state index < -0.39 is 10.9 Å². The maximum atomic E-state index is 12.6. The summed E-state index contributed by atoms with van der Waals surface area (Å²) in [5, 5.41) is -2.90. The van der Waals surface area contributed by atoms with Gasteiger partial charge in [0.2, 0.25) is 0 Å². The average molecular weight is 250 g/mol. The van der Waals surface area contributed by atoms with Gasteiger partial charge in [0.05, 0.1) is 13.2 Å². The summed E-state index contributed by atoms with van der Waals surface area (Å²) in [6.07, 6.45) is 0. The molecule has 2 nitrogen and oxygen atoms in total. The monoisotopic (exact) mass is 250 g/mol. The first-order valence-corrected chi connectivity index (χ1v) is 7.86. The third-order valence-corrected chi connectivity index (χ3v) is 6.11. The SMILES string of the molecule is CCOP(=S)(OCC)SC(C)(F)F. The van der Waals surface area contributed by atoms with Crippen molar-refractivity contribution in [2.24, 2.45) is 0 Å². The summed E-state index contributed by atoms with van der Waals surface area (Å²) in [6.45, 7) is 4.78. The first-order valence-electron chi connectivity index (χ1n) is 3.80. The topological polar surface area (TPSA) is 18.5 Å². The second kappa shape index (κ2) is 5.61. The highest BCUT2D eigenvalue weighted by atomic mass is 32.9. The van der Waals surface area contributed by atoms with Crippen molar-refractivity contribution in [3.05, 3.63) is 0 Å². The van der Waals surface area contributed by atoms with Crippen LogP contribution in [-0.4, -0.2) is 18.5 Å². The van der Waals surface area contributed by atoms with Crippen LogP contribution in [0.1, 0.15) is 20.8 Å². The molecule has 13 heavy (non-hydrogen) atoms. The van der Waals surface area contributed by atoms with Crippen molar-refractivity contribution in [1.29, 1.82) is 0 Å². The Hall–Kier alpha value is 0.780. The molecule has 0 aliphatic heterocycles. The number of hydrogen-bond donors (Lipinski definition) is 0. The normalized spacial score (nSPS) is 13.3. The highest BCUT2D eigenvalue weighted by Gasteiger charge is 2.34. The van der Waals surface area contributed by atoms with Crippen molar-refractivity contribution >= 4 is 28.9 Å². The molecule has 0 aliphatic carbocycles. The maximum Gasteiger partial charge on any atom is 0.299 e. The molecule has 0 N–H and O–H groups in total. The molecule has 7 heteroatoms. The lowest BCUT2D eigenvalue weighted by Crippen LogP contribution is -2.04. The Balaban J connectivity index is 4.33. The number of alkyl halides is 2. The lowest BCUT2D eigenvalue weighted by molar-refractivity contribution is 0.130. The minimum Gasteiger partial charge on any atom is -0.322 e. The Morgan fingerprint density at radius 1 is 1.31 bits per heavy atom. The minimum atomic E-state index is -2.90. The molecule has 0 saturated carbocycles. The third kappa shape index (κ3) is 6.80. The first-order chi connectivity index (χ1) is 5.83. The van der Waals surface area contributed by atoms with Crippen molar-refractivity contribution in [2.45, 2.75) is 26.0 Å². The van der Waals surface area contributed by atoms with Gasteiger partial charge in [0, 0.05) is 18.3 Å². The van der Waals surface area contributed by atoms with Crippen molar-refractivity contribution in [3.63, 3.8) is 0 Å². The van der Waals surface area contributed by atoms with Crippen LogP contribution in [0, 0.1) is 0 Å². The van der Waals surface area contributed by atoms with E-state index in [1.807, 2.05) is 0 Å². The quantitative estimate of drug-likeness (QED) is 0.670. The van der Waals surface area contributed by atoms with Crippen LogP contribution in [0.4, 0.5) is 8.78 Å². The molecule has 0 spiro atoms. The largest absolute Gasteiger partial charge is 0.322 e. The number of rotatable bonds is 6. The Kier molecular flexibility index (Phi) is 5.95. The molecular formula is C6H13F2O2PS2. The highest BCUT2D eigenvalue weighted by Crippen LogP contribution is 2.66. The molecule has 0 saturated heterocycles. The lowest BCUT2D eigenvalue weighted by Gasteiger charge is -2.22. The van der Waals surface area contributed by atoms with Gasteiger partial charge in [0.1, 0.15) is 0 Å². The van der Waals surface area contributed by atoms with Crippen LogP contribution in [0.3, 0.4) is 0 Å². The Labute approximate surface area is 86.3 Å². The smallest absolute Gasteiger partial charge is 0.299 e. The van der Waals surface area contributed by atoms with Crippen LogP contribution in [0.15, 0.2) is 0 Å². The van der Waals surface area contributed by atoms with E-state index in [2.05, 4.69) is 0 Å².